The van der Waals surface area contributed by atoms with Crippen LogP contribution in [-0.2, 0) is 6.54 Å². The summed E-state index contributed by atoms with van der Waals surface area (Å²) < 4.78 is 7.12. The maximum atomic E-state index is 12.7. The Morgan fingerprint density at radius 2 is 1.91 bits per heavy atom. The number of hydrogen-bond donors (Lipinski definition) is 2. The highest BCUT2D eigenvalue weighted by Crippen LogP contribution is 2.23. The molecule has 0 aliphatic heterocycles. The first-order chi connectivity index (χ1) is 15.7. The van der Waals surface area contributed by atoms with E-state index in [-0.39, 0.29) is 5.91 Å². The fraction of sp³-hybridized carbons (Fsp3) is 0.0833. The molecule has 0 bridgehead atoms. The summed E-state index contributed by atoms with van der Waals surface area (Å²) in [7, 11) is 1.62. The molecular weight excluding hydrogens is 404 g/mol. The molecule has 5 rings (SSSR count). The van der Waals surface area contributed by atoms with Crippen molar-refractivity contribution >= 4 is 34.1 Å². The van der Waals surface area contributed by atoms with Crippen LogP contribution in [0.2, 0.25) is 0 Å². The van der Waals surface area contributed by atoms with Crippen LogP contribution < -0.4 is 15.4 Å². The van der Waals surface area contributed by atoms with Crippen molar-refractivity contribution in [3.05, 3.63) is 90.3 Å². The minimum Gasteiger partial charge on any atom is -0.497 e. The van der Waals surface area contributed by atoms with Crippen LogP contribution in [0.15, 0.2) is 79.1 Å². The van der Waals surface area contributed by atoms with Crippen molar-refractivity contribution in [3.8, 4) is 5.75 Å². The predicted octanol–water partition coefficient (Wildman–Crippen LogP) is 3.96. The normalized spacial score (nSPS) is 10.9. The van der Waals surface area contributed by atoms with E-state index in [1.165, 1.54) is 0 Å². The zero-order valence-corrected chi connectivity index (χ0v) is 17.3. The van der Waals surface area contributed by atoms with Gasteiger partial charge < -0.3 is 15.4 Å². The van der Waals surface area contributed by atoms with E-state index >= 15 is 0 Å². The van der Waals surface area contributed by atoms with Gasteiger partial charge in [0, 0.05) is 17.8 Å². The fourth-order valence-electron chi connectivity index (χ4n) is 3.53. The first kappa shape index (κ1) is 19.5. The summed E-state index contributed by atoms with van der Waals surface area (Å²) in [5.41, 5.74) is 4.57. The molecule has 0 fully saturated rings. The summed E-state index contributed by atoms with van der Waals surface area (Å²) in [5.74, 6) is 1.15. The Balaban J connectivity index is 1.37. The lowest BCUT2D eigenvalue weighted by Crippen LogP contribution is -2.22. The maximum absolute atomic E-state index is 12.7. The molecule has 8 heteroatoms. The Labute approximate surface area is 183 Å². The molecular formula is C24H20N6O2. The number of methoxy groups -OCH3 is 1. The van der Waals surface area contributed by atoms with E-state index in [4.69, 9.17) is 9.72 Å². The third-order valence-corrected chi connectivity index (χ3v) is 5.11. The second-order valence-corrected chi connectivity index (χ2v) is 7.21. The number of nitrogens with one attached hydrogen (secondary N) is 2. The van der Waals surface area contributed by atoms with Crippen LogP contribution in [0.4, 0.5) is 11.5 Å². The van der Waals surface area contributed by atoms with Gasteiger partial charge in [-0.05, 0) is 48.0 Å². The van der Waals surface area contributed by atoms with Crippen LogP contribution in [0.1, 0.15) is 15.9 Å². The summed E-state index contributed by atoms with van der Waals surface area (Å²) in [4.78, 5) is 17.4. The van der Waals surface area contributed by atoms with Gasteiger partial charge in [-0.2, -0.15) is 0 Å². The lowest BCUT2D eigenvalue weighted by Gasteiger charge is -2.11. The van der Waals surface area contributed by atoms with Crippen LogP contribution >= 0.6 is 0 Å². The van der Waals surface area contributed by atoms with Gasteiger partial charge in [-0.15, -0.1) is 10.2 Å². The second-order valence-electron chi connectivity index (χ2n) is 7.21. The third-order valence-electron chi connectivity index (χ3n) is 5.11. The van der Waals surface area contributed by atoms with E-state index in [2.05, 4.69) is 20.8 Å². The van der Waals surface area contributed by atoms with Crippen molar-refractivity contribution < 1.29 is 9.53 Å². The van der Waals surface area contributed by atoms with Crippen LogP contribution in [0.3, 0.4) is 0 Å². The van der Waals surface area contributed by atoms with Crippen LogP contribution in [0.25, 0.3) is 16.7 Å². The minimum absolute atomic E-state index is 0.171. The number of rotatable bonds is 6. The Bertz CT molecular complexity index is 1430. The van der Waals surface area contributed by atoms with E-state index in [1.807, 2.05) is 65.1 Å². The summed E-state index contributed by atoms with van der Waals surface area (Å²) in [6, 6.07) is 22.6. The predicted molar refractivity (Wildman–Crippen MR) is 122 cm³/mol. The molecule has 3 aromatic carbocycles. The number of anilines is 2. The van der Waals surface area contributed by atoms with Crippen molar-refractivity contribution in [1.29, 1.82) is 0 Å². The largest absolute Gasteiger partial charge is 0.497 e. The van der Waals surface area contributed by atoms with E-state index in [9.17, 15) is 4.79 Å². The molecule has 0 aliphatic rings. The number of nitrogens with zero attached hydrogens (tertiary/aromatic N) is 4. The average molecular weight is 424 g/mol. The molecule has 5 aromatic rings. The highest BCUT2D eigenvalue weighted by atomic mass is 16.5. The van der Waals surface area contributed by atoms with Gasteiger partial charge in [0.2, 0.25) is 5.65 Å². The van der Waals surface area contributed by atoms with E-state index in [0.717, 1.165) is 28.0 Å². The van der Waals surface area contributed by atoms with Crippen molar-refractivity contribution in [2.75, 3.05) is 12.4 Å². The molecule has 1 amide bonds. The Hall–Kier alpha value is -4.46. The van der Waals surface area contributed by atoms with Crippen molar-refractivity contribution in [2.24, 2.45) is 0 Å². The number of para-hydroxylation sites is 2. The highest BCUT2D eigenvalue weighted by Gasteiger charge is 2.12. The van der Waals surface area contributed by atoms with Crippen LogP contribution in [0.5, 0.6) is 5.75 Å². The Morgan fingerprint density at radius 1 is 1.03 bits per heavy atom. The number of aromatic nitrogens is 4. The number of amides is 1. The molecule has 0 unspecified atom stereocenters. The Morgan fingerprint density at radius 3 is 2.81 bits per heavy atom. The zero-order chi connectivity index (χ0) is 21.9. The molecule has 2 aromatic heterocycles. The molecule has 0 aliphatic carbocycles. The van der Waals surface area contributed by atoms with E-state index < -0.39 is 0 Å². The quantitative estimate of drug-likeness (QED) is 0.429. The van der Waals surface area contributed by atoms with Crippen LogP contribution in [-0.4, -0.2) is 32.6 Å². The SMILES string of the molecule is COc1cccc(CNC(=O)c2cccc(Nc3nc4ccccc4n4cnnc34)c2)c1. The average Bonchev–Trinajstić information content (AvgIpc) is 3.34. The first-order valence-electron chi connectivity index (χ1n) is 10.1. The van der Waals surface area contributed by atoms with Crippen molar-refractivity contribution in [3.63, 3.8) is 0 Å². The molecule has 0 saturated heterocycles. The van der Waals surface area contributed by atoms with Gasteiger partial charge in [0.25, 0.3) is 5.91 Å². The van der Waals surface area contributed by atoms with Gasteiger partial charge in [-0.3, -0.25) is 9.20 Å². The molecule has 0 radical (unpaired) electrons. The molecule has 158 valence electrons. The standard InChI is InChI=1S/C24H20N6O2/c1-32-19-9-4-6-16(12-19)14-25-24(31)17-7-5-8-18(13-17)27-22-23-29-26-15-30(23)21-11-3-2-10-20(21)28-22/h2-13,15H,14H2,1H3,(H,25,31)(H,27,28). The number of hydrogen-bond acceptors (Lipinski definition) is 6. The topological polar surface area (TPSA) is 93.4 Å². The van der Waals surface area contributed by atoms with Gasteiger partial charge in [-0.1, -0.05) is 30.3 Å². The van der Waals surface area contributed by atoms with E-state index in [0.29, 0.717) is 23.6 Å². The number of carbonyl (C=O) groups excluding carboxylic acids is 1. The lowest BCUT2D eigenvalue weighted by molar-refractivity contribution is 0.0951. The molecule has 32 heavy (non-hydrogen) atoms. The molecule has 0 spiro atoms. The molecule has 2 N–H and O–H groups in total. The number of benzene rings is 3. The summed E-state index contributed by atoms with van der Waals surface area (Å²) in [5, 5.41) is 14.4. The zero-order valence-electron chi connectivity index (χ0n) is 17.3. The number of ether oxygens (including phenoxy) is 1. The maximum Gasteiger partial charge on any atom is 0.251 e. The molecule has 0 atom stereocenters. The Kier molecular flexibility index (Phi) is 5.09. The van der Waals surface area contributed by atoms with Gasteiger partial charge >= 0.3 is 0 Å². The summed E-state index contributed by atoms with van der Waals surface area (Å²) in [6.07, 6.45) is 1.66. The molecule has 0 saturated carbocycles. The highest BCUT2D eigenvalue weighted by molar-refractivity contribution is 5.95. The van der Waals surface area contributed by atoms with Gasteiger partial charge in [0.05, 0.1) is 18.1 Å². The smallest absolute Gasteiger partial charge is 0.251 e. The van der Waals surface area contributed by atoms with Gasteiger partial charge in [-0.25, -0.2) is 4.98 Å². The molecule has 2 heterocycles. The van der Waals surface area contributed by atoms with Crippen LogP contribution in [0, 0.1) is 0 Å². The van der Waals surface area contributed by atoms with Gasteiger partial charge in [0.1, 0.15) is 12.1 Å². The van der Waals surface area contributed by atoms with E-state index in [1.54, 1.807) is 25.6 Å². The second kappa shape index (κ2) is 8.35. The third kappa shape index (κ3) is 3.81. The summed E-state index contributed by atoms with van der Waals surface area (Å²) in [6.45, 7) is 0.403. The van der Waals surface area contributed by atoms with Crippen molar-refractivity contribution in [1.82, 2.24) is 24.9 Å². The monoisotopic (exact) mass is 424 g/mol. The minimum atomic E-state index is -0.171. The summed E-state index contributed by atoms with van der Waals surface area (Å²) >= 11 is 0. The number of carbonyl (C=O) groups is 1. The van der Waals surface area contributed by atoms with Gasteiger partial charge in [0.15, 0.2) is 5.82 Å². The lowest BCUT2D eigenvalue weighted by atomic mass is 10.1. The molecule has 8 nitrogen and oxygen atoms in total. The first-order valence-corrected chi connectivity index (χ1v) is 10.1. The van der Waals surface area contributed by atoms with Crippen molar-refractivity contribution in [2.45, 2.75) is 6.54 Å². The fourth-order valence-corrected chi connectivity index (χ4v) is 3.53. The number of fused-ring (bicyclic) bond motifs is 3.